The Morgan fingerprint density at radius 3 is 2.25 bits per heavy atom. The highest BCUT2D eigenvalue weighted by Gasteiger charge is 2.34. The van der Waals surface area contributed by atoms with Crippen molar-refractivity contribution in [2.45, 2.75) is 20.0 Å². The van der Waals surface area contributed by atoms with E-state index in [0.717, 1.165) is 5.56 Å². The lowest BCUT2D eigenvalue weighted by atomic mass is 9.98. The molecule has 84 valence electrons. The first-order valence-electron chi connectivity index (χ1n) is 4.97. The van der Waals surface area contributed by atoms with Gasteiger partial charge in [-0.05, 0) is 30.2 Å². The Balaban J connectivity index is 2.85. The molecule has 0 N–H and O–H groups in total. The Morgan fingerprint density at radius 1 is 0.938 bits per heavy atom. The highest BCUT2D eigenvalue weighted by atomic mass is 19.4. The van der Waals surface area contributed by atoms with Crippen LogP contribution >= 0.6 is 0 Å². The summed E-state index contributed by atoms with van der Waals surface area (Å²) < 4.78 is 38.6. The molecular weight excluding hydrogens is 213 g/mol. The molecule has 0 fully saturated rings. The Kier molecular flexibility index (Phi) is 2.41. The van der Waals surface area contributed by atoms with Crippen molar-refractivity contribution in [1.29, 1.82) is 0 Å². The lowest BCUT2D eigenvalue weighted by molar-refractivity contribution is -0.136. The fourth-order valence-electron chi connectivity index (χ4n) is 1.93. The van der Waals surface area contributed by atoms with Crippen LogP contribution in [0.4, 0.5) is 13.2 Å². The maximum atomic E-state index is 12.9. The molecule has 2 aromatic rings. The topological polar surface area (TPSA) is 0 Å². The van der Waals surface area contributed by atoms with Crippen LogP contribution in [-0.2, 0) is 6.18 Å². The SMILES string of the molecule is Cc1ccc2c(C(F)(F)F)c(C)ccc2c1. The lowest BCUT2D eigenvalue weighted by Gasteiger charge is -2.13. The van der Waals surface area contributed by atoms with Gasteiger partial charge in [0.1, 0.15) is 0 Å². The van der Waals surface area contributed by atoms with Crippen LogP contribution in [0.2, 0.25) is 0 Å². The summed E-state index contributed by atoms with van der Waals surface area (Å²) in [6.07, 6.45) is -4.29. The second kappa shape index (κ2) is 3.51. The molecule has 0 aliphatic rings. The van der Waals surface area contributed by atoms with Crippen molar-refractivity contribution in [2.75, 3.05) is 0 Å². The van der Waals surface area contributed by atoms with Crippen molar-refractivity contribution in [3.63, 3.8) is 0 Å². The van der Waals surface area contributed by atoms with Gasteiger partial charge in [0.2, 0.25) is 0 Å². The van der Waals surface area contributed by atoms with Crippen molar-refractivity contribution < 1.29 is 13.2 Å². The largest absolute Gasteiger partial charge is 0.417 e. The van der Waals surface area contributed by atoms with Gasteiger partial charge in [0.05, 0.1) is 5.56 Å². The smallest absolute Gasteiger partial charge is 0.166 e. The van der Waals surface area contributed by atoms with E-state index >= 15 is 0 Å². The maximum absolute atomic E-state index is 12.9. The average Bonchev–Trinajstić information content (AvgIpc) is 2.16. The molecule has 0 aliphatic heterocycles. The number of hydrogen-bond donors (Lipinski definition) is 0. The number of aryl methyl sites for hydroxylation is 2. The fourth-order valence-corrected chi connectivity index (χ4v) is 1.93. The van der Waals surface area contributed by atoms with Gasteiger partial charge in [0, 0.05) is 0 Å². The monoisotopic (exact) mass is 224 g/mol. The van der Waals surface area contributed by atoms with Crippen LogP contribution in [0.25, 0.3) is 10.8 Å². The molecule has 0 bridgehead atoms. The predicted octanol–water partition coefficient (Wildman–Crippen LogP) is 4.48. The minimum Gasteiger partial charge on any atom is -0.166 e. The van der Waals surface area contributed by atoms with Crippen LogP contribution in [-0.4, -0.2) is 0 Å². The molecule has 0 nitrogen and oxygen atoms in total. The first kappa shape index (κ1) is 11.0. The summed E-state index contributed by atoms with van der Waals surface area (Å²) in [4.78, 5) is 0. The minimum atomic E-state index is -4.29. The van der Waals surface area contributed by atoms with Crippen LogP contribution in [0.5, 0.6) is 0 Å². The summed E-state index contributed by atoms with van der Waals surface area (Å²) in [5.41, 5.74) is 0.707. The normalized spacial score (nSPS) is 12.1. The van der Waals surface area contributed by atoms with E-state index in [1.165, 1.54) is 13.0 Å². The quantitative estimate of drug-likeness (QED) is 0.619. The summed E-state index contributed by atoms with van der Waals surface area (Å²) >= 11 is 0. The fraction of sp³-hybridized carbons (Fsp3) is 0.231. The zero-order chi connectivity index (χ0) is 11.9. The van der Waals surface area contributed by atoms with Crippen molar-refractivity contribution in [1.82, 2.24) is 0 Å². The molecule has 0 aliphatic carbocycles. The first-order valence-corrected chi connectivity index (χ1v) is 4.97. The van der Waals surface area contributed by atoms with Crippen LogP contribution < -0.4 is 0 Å². The van der Waals surface area contributed by atoms with Gasteiger partial charge in [-0.3, -0.25) is 0 Å². The summed E-state index contributed by atoms with van der Waals surface area (Å²) in [5, 5.41) is 0.913. The highest BCUT2D eigenvalue weighted by molar-refractivity contribution is 5.87. The van der Waals surface area contributed by atoms with E-state index in [-0.39, 0.29) is 10.9 Å². The van der Waals surface area contributed by atoms with Gasteiger partial charge in [-0.25, -0.2) is 0 Å². The molecule has 0 atom stereocenters. The molecule has 16 heavy (non-hydrogen) atoms. The van der Waals surface area contributed by atoms with Gasteiger partial charge in [0.25, 0.3) is 0 Å². The average molecular weight is 224 g/mol. The number of benzene rings is 2. The second-order valence-electron chi connectivity index (χ2n) is 3.98. The molecule has 0 aromatic heterocycles. The van der Waals surface area contributed by atoms with Gasteiger partial charge in [0.15, 0.2) is 0 Å². The first-order chi connectivity index (χ1) is 7.39. The summed E-state index contributed by atoms with van der Waals surface area (Å²) in [7, 11) is 0. The minimum absolute atomic E-state index is 0.267. The van der Waals surface area contributed by atoms with Gasteiger partial charge in [-0.2, -0.15) is 13.2 Å². The van der Waals surface area contributed by atoms with Crippen LogP contribution in [0.3, 0.4) is 0 Å². The van der Waals surface area contributed by atoms with E-state index in [4.69, 9.17) is 0 Å². The molecule has 0 unspecified atom stereocenters. The zero-order valence-electron chi connectivity index (χ0n) is 9.02. The maximum Gasteiger partial charge on any atom is 0.417 e. The summed E-state index contributed by atoms with van der Waals surface area (Å²) in [5.74, 6) is 0. The number of halogens is 3. The Morgan fingerprint density at radius 2 is 1.62 bits per heavy atom. The summed E-state index contributed by atoms with van der Waals surface area (Å²) in [6, 6.07) is 8.26. The van der Waals surface area contributed by atoms with Crippen molar-refractivity contribution in [2.24, 2.45) is 0 Å². The molecule has 0 radical (unpaired) electrons. The molecule has 0 amide bonds. The van der Waals surface area contributed by atoms with Crippen LogP contribution in [0.15, 0.2) is 30.3 Å². The van der Waals surface area contributed by atoms with E-state index in [1.54, 1.807) is 24.3 Å². The Bertz CT molecular complexity index is 539. The van der Waals surface area contributed by atoms with Crippen molar-refractivity contribution in [3.05, 3.63) is 47.0 Å². The van der Waals surface area contributed by atoms with Gasteiger partial charge in [-0.15, -0.1) is 0 Å². The number of fused-ring (bicyclic) bond motifs is 1. The third-order valence-electron chi connectivity index (χ3n) is 2.67. The highest BCUT2D eigenvalue weighted by Crippen LogP contribution is 2.37. The number of rotatable bonds is 0. The molecule has 0 spiro atoms. The van der Waals surface area contributed by atoms with E-state index in [2.05, 4.69) is 0 Å². The zero-order valence-corrected chi connectivity index (χ0v) is 9.02. The van der Waals surface area contributed by atoms with Gasteiger partial charge < -0.3 is 0 Å². The molecule has 0 saturated carbocycles. The van der Waals surface area contributed by atoms with E-state index in [0.29, 0.717) is 5.39 Å². The molecule has 0 heterocycles. The second-order valence-corrected chi connectivity index (χ2v) is 3.98. The Hall–Kier alpha value is -1.51. The van der Waals surface area contributed by atoms with Crippen LogP contribution in [0.1, 0.15) is 16.7 Å². The van der Waals surface area contributed by atoms with Crippen molar-refractivity contribution >= 4 is 10.8 Å². The third kappa shape index (κ3) is 1.77. The molecule has 2 rings (SSSR count). The standard InChI is InChI=1S/C13H11F3/c1-8-3-6-11-10(7-8)5-4-9(2)12(11)13(14,15)16/h3-7H,1-2H3. The third-order valence-corrected chi connectivity index (χ3v) is 2.67. The number of alkyl halides is 3. The van der Waals surface area contributed by atoms with E-state index in [1.807, 2.05) is 6.92 Å². The Labute approximate surface area is 91.7 Å². The predicted molar refractivity (Wildman–Crippen MR) is 58.4 cm³/mol. The van der Waals surface area contributed by atoms with Crippen molar-refractivity contribution in [3.8, 4) is 0 Å². The lowest BCUT2D eigenvalue weighted by Crippen LogP contribution is -2.08. The van der Waals surface area contributed by atoms with Gasteiger partial charge >= 0.3 is 6.18 Å². The van der Waals surface area contributed by atoms with Gasteiger partial charge in [-0.1, -0.05) is 35.9 Å². The molecule has 0 saturated heterocycles. The van der Waals surface area contributed by atoms with E-state index in [9.17, 15) is 13.2 Å². The molecular formula is C13H11F3. The number of hydrogen-bond acceptors (Lipinski definition) is 0. The van der Waals surface area contributed by atoms with E-state index < -0.39 is 11.7 Å². The molecule has 3 heteroatoms. The molecule has 2 aromatic carbocycles. The van der Waals surface area contributed by atoms with Crippen LogP contribution in [0, 0.1) is 13.8 Å². The summed E-state index contributed by atoms with van der Waals surface area (Å²) in [6.45, 7) is 3.36.